The molecule has 18 heavy (non-hydrogen) atoms. The number of fused-ring (bicyclic) bond motifs is 1. The molecule has 0 aliphatic carbocycles. The molecule has 1 N–H and O–H groups in total. The summed E-state index contributed by atoms with van der Waals surface area (Å²) in [5.74, 6) is 1.50. The first-order valence-electron chi connectivity index (χ1n) is 5.96. The molecule has 0 aromatic heterocycles. The van der Waals surface area contributed by atoms with E-state index in [1.807, 2.05) is 32.3 Å². The van der Waals surface area contributed by atoms with Crippen LogP contribution in [0.5, 0.6) is 11.5 Å². The molecular weight excluding hydrogens is 232 g/mol. The van der Waals surface area contributed by atoms with E-state index in [9.17, 15) is 0 Å². The van der Waals surface area contributed by atoms with Gasteiger partial charge in [0.15, 0.2) is 0 Å². The average molecular weight is 250 g/mol. The van der Waals surface area contributed by atoms with Crippen LogP contribution in [-0.2, 0) is 0 Å². The normalized spacial score (nSPS) is 15.8. The van der Waals surface area contributed by atoms with Crippen molar-refractivity contribution < 1.29 is 14.7 Å². The highest BCUT2D eigenvalue weighted by Crippen LogP contribution is 2.29. The number of rotatable bonds is 5. The molecule has 0 radical (unpaired) electrons. The van der Waals surface area contributed by atoms with Gasteiger partial charge in [0.05, 0.1) is 6.61 Å². The number of benzene rings is 1. The zero-order chi connectivity index (χ0) is 13.0. The van der Waals surface area contributed by atoms with Crippen LogP contribution in [0.4, 0.5) is 0 Å². The minimum absolute atomic E-state index is 0.315. The smallest absolute Gasteiger partial charge is 0.134 e. The Morgan fingerprint density at radius 3 is 3.00 bits per heavy atom. The van der Waals surface area contributed by atoms with E-state index in [1.165, 1.54) is 0 Å². The minimum atomic E-state index is 0.315. The minimum Gasteiger partial charge on any atom is -0.493 e. The Kier molecular flexibility index (Phi) is 4.04. The lowest BCUT2D eigenvalue weighted by molar-refractivity contribution is 0.280. The molecule has 0 fully saturated rings. The first kappa shape index (κ1) is 12.7. The molecular formula is C13H18N2O3. The Balaban J connectivity index is 1.92. The number of hydrogen-bond acceptors (Lipinski definition) is 5. The highest BCUT2D eigenvalue weighted by atomic mass is 16.5. The zero-order valence-corrected chi connectivity index (χ0v) is 10.7. The predicted octanol–water partition coefficient (Wildman–Crippen LogP) is 1.59. The fourth-order valence-corrected chi connectivity index (χ4v) is 1.83. The summed E-state index contributed by atoms with van der Waals surface area (Å²) in [6.45, 7) is 2.00. The Morgan fingerprint density at radius 2 is 2.28 bits per heavy atom. The second-order valence-electron chi connectivity index (χ2n) is 4.50. The molecule has 0 spiro atoms. The van der Waals surface area contributed by atoms with E-state index in [2.05, 4.69) is 10.1 Å². The molecule has 0 unspecified atom stereocenters. The third-order valence-electron chi connectivity index (χ3n) is 2.77. The van der Waals surface area contributed by atoms with Gasteiger partial charge in [0.1, 0.15) is 23.8 Å². The first-order valence-corrected chi connectivity index (χ1v) is 5.96. The molecule has 1 aliphatic rings. The molecule has 0 saturated carbocycles. The van der Waals surface area contributed by atoms with Crippen molar-refractivity contribution in [1.29, 1.82) is 0 Å². The van der Waals surface area contributed by atoms with E-state index in [0.29, 0.717) is 24.7 Å². The van der Waals surface area contributed by atoms with Crippen molar-refractivity contribution in [3.05, 3.63) is 23.8 Å². The Bertz CT molecular complexity index is 444. The molecule has 1 heterocycles. The lowest BCUT2D eigenvalue weighted by atomic mass is 10.1. The predicted molar refractivity (Wildman–Crippen MR) is 68.9 cm³/mol. The lowest BCUT2D eigenvalue weighted by Crippen LogP contribution is -2.15. The van der Waals surface area contributed by atoms with Crippen LogP contribution in [0.2, 0.25) is 0 Å². The molecule has 2 rings (SSSR count). The van der Waals surface area contributed by atoms with E-state index >= 15 is 0 Å². The van der Waals surface area contributed by atoms with Gasteiger partial charge in [-0.1, -0.05) is 5.16 Å². The van der Waals surface area contributed by atoms with Crippen LogP contribution < -0.4 is 9.47 Å². The Morgan fingerprint density at radius 1 is 1.44 bits per heavy atom. The average Bonchev–Trinajstić information content (AvgIpc) is 2.76. The maximum absolute atomic E-state index is 8.78. The van der Waals surface area contributed by atoms with Crippen molar-refractivity contribution in [1.82, 2.24) is 4.90 Å². The monoisotopic (exact) mass is 250 g/mol. The highest BCUT2D eigenvalue weighted by Gasteiger charge is 2.20. The summed E-state index contributed by atoms with van der Waals surface area (Å²) in [7, 11) is 4.08. The van der Waals surface area contributed by atoms with Crippen LogP contribution in [0.1, 0.15) is 12.0 Å². The van der Waals surface area contributed by atoms with Gasteiger partial charge in [0.2, 0.25) is 0 Å². The van der Waals surface area contributed by atoms with E-state index < -0.39 is 0 Å². The highest BCUT2D eigenvalue weighted by molar-refractivity contribution is 6.05. The Hall–Kier alpha value is -1.75. The Labute approximate surface area is 107 Å². The summed E-state index contributed by atoms with van der Waals surface area (Å²) in [6.07, 6.45) is 0.980. The van der Waals surface area contributed by atoms with Gasteiger partial charge in [-0.15, -0.1) is 0 Å². The van der Waals surface area contributed by atoms with Gasteiger partial charge in [-0.3, -0.25) is 0 Å². The van der Waals surface area contributed by atoms with Crippen molar-refractivity contribution in [2.45, 2.75) is 6.42 Å². The summed E-state index contributed by atoms with van der Waals surface area (Å²) in [4.78, 5) is 2.12. The molecule has 1 aromatic carbocycles. The van der Waals surface area contributed by atoms with Crippen molar-refractivity contribution >= 4 is 5.71 Å². The molecule has 0 saturated heterocycles. The van der Waals surface area contributed by atoms with E-state index in [4.69, 9.17) is 14.7 Å². The maximum Gasteiger partial charge on any atom is 0.134 e. The summed E-state index contributed by atoms with van der Waals surface area (Å²) < 4.78 is 11.0. The van der Waals surface area contributed by atoms with Gasteiger partial charge in [-0.05, 0) is 32.6 Å². The molecule has 98 valence electrons. The van der Waals surface area contributed by atoms with Gasteiger partial charge in [0.25, 0.3) is 0 Å². The summed E-state index contributed by atoms with van der Waals surface area (Å²) in [6, 6.07) is 5.57. The van der Waals surface area contributed by atoms with E-state index in [1.54, 1.807) is 0 Å². The fourth-order valence-electron chi connectivity index (χ4n) is 1.83. The molecule has 5 heteroatoms. The standard InChI is InChI=1S/C13H18N2O3/c1-15(2)6-3-7-17-10-4-5-11-12(14-16)9-18-13(11)8-10/h4-5,8,16H,3,6-7,9H2,1-2H3/b14-12+. The van der Waals surface area contributed by atoms with E-state index in [-0.39, 0.29) is 0 Å². The van der Waals surface area contributed by atoms with Crippen LogP contribution >= 0.6 is 0 Å². The molecule has 0 amide bonds. The zero-order valence-electron chi connectivity index (χ0n) is 10.7. The topological polar surface area (TPSA) is 54.3 Å². The lowest BCUT2D eigenvalue weighted by Gasteiger charge is -2.10. The number of hydrogen-bond donors (Lipinski definition) is 1. The molecule has 0 bridgehead atoms. The number of nitrogens with zero attached hydrogens (tertiary/aromatic N) is 2. The molecule has 0 atom stereocenters. The maximum atomic E-state index is 8.78. The van der Waals surface area contributed by atoms with Crippen LogP contribution in [0.15, 0.2) is 23.4 Å². The largest absolute Gasteiger partial charge is 0.493 e. The molecule has 5 nitrogen and oxygen atoms in total. The number of oxime groups is 1. The SMILES string of the molecule is CN(C)CCCOc1ccc2c(c1)OC/C2=N\O. The van der Waals surface area contributed by atoms with Gasteiger partial charge in [-0.2, -0.15) is 0 Å². The summed E-state index contributed by atoms with van der Waals surface area (Å²) in [5.41, 5.74) is 1.39. The quantitative estimate of drug-likeness (QED) is 0.490. The molecule has 1 aromatic rings. The van der Waals surface area contributed by atoms with Gasteiger partial charge >= 0.3 is 0 Å². The van der Waals surface area contributed by atoms with Crippen LogP contribution in [0.3, 0.4) is 0 Å². The second kappa shape index (κ2) is 5.73. The molecule has 1 aliphatic heterocycles. The second-order valence-corrected chi connectivity index (χ2v) is 4.50. The van der Waals surface area contributed by atoms with Crippen molar-refractivity contribution in [3.8, 4) is 11.5 Å². The third kappa shape index (κ3) is 2.92. The summed E-state index contributed by atoms with van der Waals surface area (Å²) >= 11 is 0. The third-order valence-corrected chi connectivity index (χ3v) is 2.77. The van der Waals surface area contributed by atoms with Gasteiger partial charge in [0, 0.05) is 18.2 Å². The fraction of sp³-hybridized carbons (Fsp3) is 0.462. The van der Waals surface area contributed by atoms with Crippen molar-refractivity contribution in [2.75, 3.05) is 33.9 Å². The van der Waals surface area contributed by atoms with E-state index in [0.717, 1.165) is 24.3 Å². The van der Waals surface area contributed by atoms with Crippen LogP contribution in [0, 0.1) is 0 Å². The summed E-state index contributed by atoms with van der Waals surface area (Å²) in [5, 5.41) is 12.0. The van der Waals surface area contributed by atoms with Gasteiger partial charge in [-0.25, -0.2) is 0 Å². The van der Waals surface area contributed by atoms with Crippen LogP contribution in [0.25, 0.3) is 0 Å². The van der Waals surface area contributed by atoms with Crippen molar-refractivity contribution in [2.24, 2.45) is 5.16 Å². The number of ether oxygens (including phenoxy) is 2. The van der Waals surface area contributed by atoms with Gasteiger partial charge < -0.3 is 19.6 Å². The first-order chi connectivity index (χ1) is 8.70. The van der Waals surface area contributed by atoms with Crippen molar-refractivity contribution in [3.63, 3.8) is 0 Å². The van der Waals surface area contributed by atoms with Crippen LogP contribution in [-0.4, -0.2) is 49.7 Å².